The molecule has 0 radical (unpaired) electrons. The fourth-order valence-corrected chi connectivity index (χ4v) is 2.36. The van der Waals surface area contributed by atoms with Gasteiger partial charge in [-0.2, -0.15) is 0 Å². The summed E-state index contributed by atoms with van der Waals surface area (Å²) >= 11 is 0. The lowest BCUT2D eigenvalue weighted by atomic mass is 9.89. The second-order valence-corrected chi connectivity index (χ2v) is 5.24. The van der Waals surface area contributed by atoms with E-state index in [1.807, 2.05) is 0 Å². The quantitative estimate of drug-likeness (QED) is 0.419. The normalized spacial score (nSPS) is 11.0. The molecular formula is C17H23N3O7. The Morgan fingerprint density at radius 2 is 1.63 bits per heavy atom. The number of carbonyl (C=O) groups excluding carboxylic acids is 3. The first-order valence-electron chi connectivity index (χ1n) is 7.70. The minimum atomic E-state index is -1.01. The molecule has 10 heteroatoms. The van der Waals surface area contributed by atoms with E-state index in [2.05, 4.69) is 22.2 Å². The number of ether oxygens (including phenoxy) is 4. The fourth-order valence-electron chi connectivity index (χ4n) is 2.36. The number of nitrogens with two attached hydrogens (primary N) is 1. The van der Waals surface area contributed by atoms with Gasteiger partial charge in [-0.1, -0.05) is 6.58 Å². The predicted octanol–water partition coefficient (Wildman–Crippen LogP) is 0.667. The number of primary amides is 1. The molecule has 4 N–H and O–H groups in total. The number of rotatable bonds is 9. The number of esters is 2. The van der Waals surface area contributed by atoms with Crippen molar-refractivity contribution < 1.29 is 33.3 Å². The lowest BCUT2D eigenvalue weighted by molar-refractivity contribution is -0.149. The first-order valence-corrected chi connectivity index (χ1v) is 7.70. The number of nitrogens with one attached hydrogen (secondary N) is 2. The third kappa shape index (κ3) is 5.53. The van der Waals surface area contributed by atoms with Gasteiger partial charge in [0.1, 0.15) is 0 Å². The van der Waals surface area contributed by atoms with E-state index in [1.165, 1.54) is 34.5 Å². The molecule has 1 unspecified atom stereocenters. The van der Waals surface area contributed by atoms with Crippen molar-refractivity contribution in [3.05, 3.63) is 29.8 Å². The number of hydrazine groups is 1. The standard InChI is InChI=1S/C17H23N3O7/c1-9(19-20-17(18)23)10-6-13(24-2)14(25-3)7-11(10)12(16(22)27-5)8-15(21)26-4/h6-7,12,19H,1,8H2,2-5H3,(H3,18,20,23). The van der Waals surface area contributed by atoms with Crippen LogP contribution >= 0.6 is 0 Å². The van der Waals surface area contributed by atoms with Crippen molar-refractivity contribution in [3.63, 3.8) is 0 Å². The lowest BCUT2D eigenvalue weighted by Gasteiger charge is -2.22. The van der Waals surface area contributed by atoms with Crippen LogP contribution in [0.5, 0.6) is 11.5 Å². The SMILES string of the molecule is C=C(NNC(N)=O)c1cc(OC)c(OC)cc1C(CC(=O)OC)C(=O)OC. The Hall–Kier alpha value is -3.43. The highest BCUT2D eigenvalue weighted by atomic mass is 16.5. The van der Waals surface area contributed by atoms with E-state index in [1.54, 1.807) is 6.07 Å². The van der Waals surface area contributed by atoms with Gasteiger partial charge in [-0.3, -0.25) is 20.4 Å². The van der Waals surface area contributed by atoms with Gasteiger partial charge < -0.3 is 24.7 Å². The van der Waals surface area contributed by atoms with E-state index in [4.69, 9.17) is 19.9 Å². The van der Waals surface area contributed by atoms with Crippen LogP contribution in [0.2, 0.25) is 0 Å². The summed E-state index contributed by atoms with van der Waals surface area (Å²) in [5, 5.41) is 0. The predicted molar refractivity (Wildman–Crippen MR) is 95.8 cm³/mol. The average Bonchev–Trinajstić information content (AvgIpc) is 2.68. The van der Waals surface area contributed by atoms with Gasteiger partial charge in [0.2, 0.25) is 0 Å². The zero-order chi connectivity index (χ0) is 20.6. The first kappa shape index (κ1) is 21.6. The first-order chi connectivity index (χ1) is 12.8. The van der Waals surface area contributed by atoms with Gasteiger partial charge in [-0.05, 0) is 17.7 Å². The average molecular weight is 381 g/mol. The summed E-state index contributed by atoms with van der Waals surface area (Å²) in [6, 6.07) is 2.23. The van der Waals surface area contributed by atoms with Crippen molar-refractivity contribution in [2.24, 2.45) is 5.73 Å². The summed E-state index contributed by atoms with van der Waals surface area (Å²) in [5.41, 5.74) is 10.7. The second-order valence-electron chi connectivity index (χ2n) is 5.24. The molecular weight excluding hydrogens is 358 g/mol. The molecule has 0 aliphatic heterocycles. The molecule has 0 aliphatic rings. The van der Waals surface area contributed by atoms with Crippen molar-refractivity contribution in [2.75, 3.05) is 28.4 Å². The zero-order valence-electron chi connectivity index (χ0n) is 15.6. The van der Waals surface area contributed by atoms with Gasteiger partial charge in [0.25, 0.3) is 0 Å². The molecule has 27 heavy (non-hydrogen) atoms. The summed E-state index contributed by atoms with van der Waals surface area (Å²) in [5.74, 6) is -1.61. The molecule has 0 fully saturated rings. The minimum Gasteiger partial charge on any atom is -0.493 e. The number of amides is 2. The van der Waals surface area contributed by atoms with Gasteiger partial charge in [-0.25, -0.2) is 4.79 Å². The number of carbonyl (C=O) groups is 3. The third-order valence-corrected chi connectivity index (χ3v) is 3.68. The summed E-state index contributed by atoms with van der Waals surface area (Å²) < 4.78 is 20.0. The highest BCUT2D eigenvalue weighted by Gasteiger charge is 2.30. The largest absolute Gasteiger partial charge is 0.493 e. The highest BCUT2D eigenvalue weighted by molar-refractivity contribution is 5.87. The molecule has 0 heterocycles. The van der Waals surface area contributed by atoms with Crippen LogP contribution in [0.4, 0.5) is 4.79 Å². The second kappa shape index (κ2) is 9.90. The number of benzene rings is 1. The summed E-state index contributed by atoms with van der Waals surface area (Å²) in [7, 11) is 5.28. The number of urea groups is 1. The molecule has 1 rings (SSSR count). The molecule has 0 spiro atoms. The summed E-state index contributed by atoms with van der Waals surface area (Å²) in [6.07, 6.45) is -0.276. The Bertz CT molecular complexity index is 733. The van der Waals surface area contributed by atoms with Crippen LogP contribution < -0.4 is 26.1 Å². The van der Waals surface area contributed by atoms with Crippen LogP contribution in [0.15, 0.2) is 18.7 Å². The number of hydrogen-bond acceptors (Lipinski definition) is 8. The van der Waals surface area contributed by atoms with Crippen molar-refractivity contribution in [1.29, 1.82) is 0 Å². The third-order valence-electron chi connectivity index (χ3n) is 3.68. The number of methoxy groups -OCH3 is 4. The molecule has 2 amide bonds. The maximum absolute atomic E-state index is 12.3. The number of hydrogen-bond donors (Lipinski definition) is 3. The molecule has 1 aromatic rings. The molecule has 0 aliphatic carbocycles. The van der Waals surface area contributed by atoms with Gasteiger partial charge in [-0.15, -0.1) is 0 Å². The van der Waals surface area contributed by atoms with Crippen molar-refractivity contribution in [1.82, 2.24) is 10.9 Å². The van der Waals surface area contributed by atoms with E-state index in [9.17, 15) is 14.4 Å². The van der Waals surface area contributed by atoms with Crippen LogP contribution in [0.25, 0.3) is 5.70 Å². The van der Waals surface area contributed by atoms with E-state index in [0.717, 1.165) is 0 Å². The topological polar surface area (TPSA) is 138 Å². The molecule has 0 saturated heterocycles. The molecule has 148 valence electrons. The lowest BCUT2D eigenvalue weighted by Crippen LogP contribution is -2.39. The Balaban J connectivity index is 3.53. The molecule has 0 bridgehead atoms. The maximum Gasteiger partial charge on any atom is 0.330 e. The molecule has 1 atom stereocenters. The van der Waals surface area contributed by atoms with Crippen LogP contribution in [-0.2, 0) is 19.1 Å². The van der Waals surface area contributed by atoms with Gasteiger partial charge in [0.15, 0.2) is 11.5 Å². The summed E-state index contributed by atoms with van der Waals surface area (Å²) in [4.78, 5) is 35.1. The smallest absolute Gasteiger partial charge is 0.330 e. The minimum absolute atomic E-state index is 0.198. The van der Waals surface area contributed by atoms with E-state index in [-0.39, 0.29) is 12.1 Å². The molecule has 1 aromatic carbocycles. The van der Waals surface area contributed by atoms with Gasteiger partial charge >= 0.3 is 18.0 Å². The van der Waals surface area contributed by atoms with E-state index in [0.29, 0.717) is 22.6 Å². The Morgan fingerprint density at radius 1 is 1.04 bits per heavy atom. The van der Waals surface area contributed by atoms with Crippen molar-refractivity contribution >= 4 is 23.7 Å². The van der Waals surface area contributed by atoms with Gasteiger partial charge in [0.05, 0.1) is 46.5 Å². The molecule has 10 nitrogen and oxygen atoms in total. The van der Waals surface area contributed by atoms with Crippen molar-refractivity contribution in [3.8, 4) is 11.5 Å². The monoisotopic (exact) mass is 381 g/mol. The Kier molecular flexibility index (Phi) is 7.92. The summed E-state index contributed by atoms with van der Waals surface area (Å²) in [6.45, 7) is 3.81. The molecule has 0 aromatic heterocycles. The van der Waals surface area contributed by atoms with Crippen LogP contribution in [0.1, 0.15) is 23.5 Å². The van der Waals surface area contributed by atoms with Crippen LogP contribution in [0, 0.1) is 0 Å². The van der Waals surface area contributed by atoms with Crippen LogP contribution in [-0.4, -0.2) is 46.4 Å². The fraction of sp³-hybridized carbons (Fsp3) is 0.353. The molecule has 0 saturated carbocycles. The van der Waals surface area contributed by atoms with Crippen molar-refractivity contribution in [2.45, 2.75) is 12.3 Å². The van der Waals surface area contributed by atoms with Gasteiger partial charge in [0, 0.05) is 5.56 Å². The zero-order valence-corrected chi connectivity index (χ0v) is 15.6. The Labute approximate surface area is 156 Å². The Morgan fingerprint density at radius 3 is 2.11 bits per heavy atom. The van der Waals surface area contributed by atoms with E-state index >= 15 is 0 Å². The maximum atomic E-state index is 12.3. The van der Waals surface area contributed by atoms with Crippen LogP contribution in [0.3, 0.4) is 0 Å². The van der Waals surface area contributed by atoms with E-state index < -0.39 is 23.9 Å². The highest BCUT2D eigenvalue weighted by Crippen LogP contribution is 2.37.